The van der Waals surface area contributed by atoms with E-state index in [1.807, 2.05) is 47.8 Å². The molecule has 2 unspecified atom stereocenters. The number of amides is 2. The fourth-order valence-electron chi connectivity index (χ4n) is 4.20. The van der Waals surface area contributed by atoms with Gasteiger partial charge in [0, 0.05) is 22.7 Å². The number of nitrogens with zero attached hydrogens (tertiary/aromatic N) is 1. The second-order valence-corrected chi connectivity index (χ2v) is 8.88. The molecular weight excluding hydrogens is 408 g/mol. The molecule has 0 saturated carbocycles. The number of aryl methyl sites for hydroxylation is 1. The summed E-state index contributed by atoms with van der Waals surface area (Å²) in [7, 11) is 0. The summed E-state index contributed by atoms with van der Waals surface area (Å²) in [6, 6.07) is 17.5. The summed E-state index contributed by atoms with van der Waals surface area (Å²) in [6.45, 7) is 3.19. The minimum Gasteiger partial charge on any atom is -0.384 e. The van der Waals surface area contributed by atoms with E-state index in [0.717, 1.165) is 28.2 Å². The largest absolute Gasteiger partial charge is 0.384 e. The number of nitrogens with one attached hydrogen (secondary N) is 3. The average Bonchev–Trinajstić information content (AvgIpc) is 3.45. The third-order valence-corrected chi connectivity index (χ3v) is 6.85. The number of thiophene rings is 1. The Labute approximate surface area is 185 Å². The molecule has 6 nitrogen and oxygen atoms in total. The molecule has 0 aliphatic carbocycles. The van der Waals surface area contributed by atoms with Crippen molar-refractivity contribution in [2.75, 3.05) is 16.9 Å². The Morgan fingerprint density at radius 3 is 2.77 bits per heavy atom. The molecule has 3 heterocycles. The molecule has 5 rings (SSSR count). The summed E-state index contributed by atoms with van der Waals surface area (Å²) in [6.07, 6.45) is 0.960. The number of carbonyl (C=O) groups excluding carboxylic acids is 2. The lowest BCUT2D eigenvalue weighted by atomic mass is 9.88. The number of hydrogen-bond acceptors (Lipinski definition) is 5. The molecule has 2 aliphatic rings. The smallest absolute Gasteiger partial charge is 0.251 e. The van der Waals surface area contributed by atoms with Crippen molar-refractivity contribution in [1.82, 2.24) is 10.7 Å². The normalized spacial score (nSPS) is 19.5. The van der Waals surface area contributed by atoms with Gasteiger partial charge in [0.25, 0.3) is 5.91 Å². The number of anilines is 2. The van der Waals surface area contributed by atoms with Gasteiger partial charge in [0.05, 0.1) is 24.2 Å². The van der Waals surface area contributed by atoms with Crippen LogP contribution in [0.4, 0.5) is 11.4 Å². The Kier molecular flexibility index (Phi) is 5.21. The Hall–Kier alpha value is -3.16. The molecule has 1 saturated heterocycles. The molecule has 158 valence electrons. The highest BCUT2D eigenvalue weighted by Gasteiger charge is 2.44. The van der Waals surface area contributed by atoms with Crippen LogP contribution in [0.15, 0.2) is 60.0 Å². The average molecular weight is 433 g/mol. The maximum Gasteiger partial charge on any atom is 0.251 e. The van der Waals surface area contributed by atoms with Crippen LogP contribution in [-0.2, 0) is 17.8 Å². The van der Waals surface area contributed by atoms with Crippen LogP contribution >= 0.6 is 11.3 Å². The summed E-state index contributed by atoms with van der Waals surface area (Å²) < 4.78 is 0. The summed E-state index contributed by atoms with van der Waals surface area (Å²) in [4.78, 5) is 26.9. The zero-order valence-electron chi connectivity index (χ0n) is 17.2. The number of carbonyl (C=O) groups is 2. The van der Waals surface area contributed by atoms with E-state index < -0.39 is 0 Å². The Bertz CT molecular complexity index is 1110. The van der Waals surface area contributed by atoms with E-state index in [0.29, 0.717) is 18.7 Å². The first-order valence-corrected chi connectivity index (χ1v) is 11.4. The van der Waals surface area contributed by atoms with Crippen molar-refractivity contribution < 1.29 is 9.59 Å². The number of rotatable bonds is 5. The molecular formula is C24H24N4O2S. The molecule has 2 atom stereocenters. The van der Waals surface area contributed by atoms with Gasteiger partial charge in [-0.25, -0.2) is 10.4 Å². The second kappa shape index (κ2) is 8.17. The van der Waals surface area contributed by atoms with E-state index in [9.17, 15) is 9.59 Å². The van der Waals surface area contributed by atoms with Gasteiger partial charge in [-0.2, -0.15) is 0 Å². The van der Waals surface area contributed by atoms with Gasteiger partial charge in [0.1, 0.15) is 0 Å². The molecule has 31 heavy (non-hydrogen) atoms. The van der Waals surface area contributed by atoms with Gasteiger partial charge < -0.3 is 10.6 Å². The lowest BCUT2D eigenvalue weighted by Gasteiger charge is -2.27. The Morgan fingerprint density at radius 1 is 1.19 bits per heavy atom. The van der Waals surface area contributed by atoms with E-state index in [4.69, 9.17) is 0 Å². The first-order chi connectivity index (χ1) is 15.1. The summed E-state index contributed by atoms with van der Waals surface area (Å²) >= 11 is 1.62. The molecule has 3 aromatic rings. The summed E-state index contributed by atoms with van der Waals surface area (Å²) in [5.41, 5.74) is 7.96. The molecule has 1 fully saturated rings. The molecule has 3 N–H and O–H groups in total. The SMILES string of the molecule is CCc1ccc(N2NC3c4cc(C(=O)NCc5cccs5)ccc4NCC3C2=O)cc1. The highest BCUT2D eigenvalue weighted by atomic mass is 32.1. The quantitative estimate of drug-likeness (QED) is 0.572. The second-order valence-electron chi connectivity index (χ2n) is 7.85. The molecule has 0 spiro atoms. The van der Waals surface area contributed by atoms with Gasteiger partial charge in [-0.15, -0.1) is 11.3 Å². The van der Waals surface area contributed by atoms with E-state index in [-0.39, 0.29) is 23.8 Å². The van der Waals surface area contributed by atoms with Crippen molar-refractivity contribution in [3.8, 4) is 0 Å². The van der Waals surface area contributed by atoms with E-state index in [1.165, 1.54) is 5.56 Å². The van der Waals surface area contributed by atoms with Crippen molar-refractivity contribution in [2.45, 2.75) is 25.9 Å². The molecule has 2 amide bonds. The molecule has 1 aromatic heterocycles. The Balaban J connectivity index is 1.37. The first-order valence-electron chi connectivity index (χ1n) is 10.5. The zero-order valence-corrected chi connectivity index (χ0v) is 18.0. The summed E-state index contributed by atoms with van der Waals surface area (Å²) in [5, 5.41) is 9.98. The molecule has 0 radical (unpaired) electrons. The monoisotopic (exact) mass is 432 g/mol. The number of hydrogen-bond donors (Lipinski definition) is 3. The zero-order chi connectivity index (χ0) is 21.4. The highest BCUT2D eigenvalue weighted by Crippen LogP contribution is 2.40. The third-order valence-electron chi connectivity index (χ3n) is 5.98. The van der Waals surface area contributed by atoms with Crippen LogP contribution in [0.3, 0.4) is 0 Å². The van der Waals surface area contributed by atoms with Crippen LogP contribution in [0.5, 0.6) is 0 Å². The van der Waals surface area contributed by atoms with Crippen LogP contribution in [0.1, 0.15) is 39.3 Å². The van der Waals surface area contributed by atoms with Crippen molar-refractivity contribution in [1.29, 1.82) is 0 Å². The molecule has 0 bridgehead atoms. The van der Waals surface area contributed by atoms with Crippen molar-refractivity contribution >= 4 is 34.5 Å². The van der Waals surface area contributed by atoms with Crippen LogP contribution in [0.25, 0.3) is 0 Å². The van der Waals surface area contributed by atoms with Gasteiger partial charge in [0.15, 0.2) is 0 Å². The van der Waals surface area contributed by atoms with Crippen LogP contribution in [-0.4, -0.2) is 18.4 Å². The maximum atomic E-state index is 13.1. The van der Waals surface area contributed by atoms with E-state index in [2.05, 4.69) is 35.1 Å². The molecule has 2 aliphatic heterocycles. The lowest BCUT2D eigenvalue weighted by molar-refractivity contribution is -0.120. The standard InChI is InChI=1S/C24H24N4O2S/c1-2-15-5-8-17(9-6-15)28-24(30)20-14-25-21-10-7-16(12-19(21)22(20)27-28)23(29)26-13-18-4-3-11-31-18/h3-12,20,22,25,27H,2,13-14H2,1H3,(H,26,29). The Morgan fingerprint density at radius 2 is 2.03 bits per heavy atom. The van der Waals surface area contributed by atoms with Crippen LogP contribution in [0.2, 0.25) is 0 Å². The fourth-order valence-corrected chi connectivity index (χ4v) is 4.84. The van der Waals surface area contributed by atoms with Crippen molar-refractivity contribution in [2.24, 2.45) is 5.92 Å². The van der Waals surface area contributed by atoms with Gasteiger partial charge in [0.2, 0.25) is 5.91 Å². The summed E-state index contributed by atoms with van der Waals surface area (Å²) in [5.74, 6) is -0.294. The minimum absolute atomic E-state index is 0.0416. The fraction of sp³-hybridized carbons (Fsp3) is 0.250. The number of benzene rings is 2. The number of hydrazine groups is 1. The van der Waals surface area contributed by atoms with Crippen molar-refractivity contribution in [3.63, 3.8) is 0 Å². The molecule has 7 heteroatoms. The predicted octanol–water partition coefficient (Wildman–Crippen LogP) is 3.87. The van der Waals surface area contributed by atoms with Gasteiger partial charge in [-0.1, -0.05) is 25.1 Å². The predicted molar refractivity (Wildman–Crippen MR) is 123 cm³/mol. The molecule has 2 aromatic carbocycles. The van der Waals surface area contributed by atoms with Crippen molar-refractivity contribution in [3.05, 3.63) is 81.5 Å². The van der Waals surface area contributed by atoms with Crippen LogP contribution in [0, 0.1) is 5.92 Å². The van der Waals surface area contributed by atoms with Gasteiger partial charge in [-0.05, 0) is 59.3 Å². The van der Waals surface area contributed by atoms with E-state index in [1.54, 1.807) is 16.3 Å². The maximum absolute atomic E-state index is 13.1. The topological polar surface area (TPSA) is 73.5 Å². The lowest BCUT2D eigenvalue weighted by Crippen LogP contribution is -2.35. The van der Waals surface area contributed by atoms with E-state index >= 15 is 0 Å². The van der Waals surface area contributed by atoms with Crippen LogP contribution < -0.4 is 21.1 Å². The highest BCUT2D eigenvalue weighted by molar-refractivity contribution is 7.09. The number of fused-ring (bicyclic) bond motifs is 3. The van der Waals surface area contributed by atoms with Gasteiger partial charge >= 0.3 is 0 Å². The first kappa shape index (κ1) is 19.8. The minimum atomic E-state index is -0.220. The third kappa shape index (κ3) is 3.71. The van der Waals surface area contributed by atoms with Gasteiger partial charge in [-0.3, -0.25) is 9.59 Å².